The SMILES string of the molecule is CC(NC(=O)C1CCN(c2ncccn2)CC1)c1ccccc1. The van der Waals surface area contributed by atoms with E-state index >= 15 is 0 Å². The topological polar surface area (TPSA) is 58.1 Å². The van der Waals surface area contributed by atoms with E-state index in [1.165, 1.54) is 0 Å². The molecule has 5 nitrogen and oxygen atoms in total. The summed E-state index contributed by atoms with van der Waals surface area (Å²) in [6.45, 7) is 3.67. The van der Waals surface area contributed by atoms with Crippen LogP contribution in [0.1, 0.15) is 31.4 Å². The fourth-order valence-corrected chi connectivity index (χ4v) is 2.95. The zero-order valence-electron chi connectivity index (χ0n) is 13.4. The van der Waals surface area contributed by atoms with Crippen molar-refractivity contribution >= 4 is 11.9 Å². The molecule has 2 aromatic rings. The highest BCUT2D eigenvalue weighted by molar-refractivity contribution is 5.79. The Bertz CT molecular complexity index is 624. The van der Waals surface area contributed by atoms with Crippen molar-refractivity contribution in [3.8, 4) is 0 Å². The highest BCUT2D eigenvalue weighted by Crippen LogP contribution is 2.21. The van der Waals surface area contributed by atoms with Crippen molar-refractivity contribution in [2.45, 2.75) is 25.8 Å². The molecule has 5 heteroatoms. The molecular weight excluding hydrogens is 288 g/mol. The average molecular weight is 310 g/mol. The molecule has 0 radical (unpaired) electrons. The van der Waals surface area contributed by atoms with Crippen LogP contribution in [0.4, 0.5) is 5.95 Å². The maximum Gasteiger partial charge on any atom is 0.225 e. The van der Waals surface area contributed by atoms with E-state index in [4.69, 9.17) is 0 Å². The minimum Gasteiger partial charge on any atom is -0.349 e. The van der Waals surface area contributed by atoms with Crippen molar-refractivity contribution in [3.63, 3.8) is 0 Å². The highest BCUT2D eigenvalue weighted by Gasteiger charge is 2.26. The number of nitrogens with zero attached hydrogens (tertiary/aromatic N) is 3. The predicted octanol–water partition coefficient (Wildman–Crippen LogP) is 2.57. The van der Waals surface area contributed by atoms with Gasteiger partial charge in [0.15, 0.2) is 0 Å². The molecule has 1 aromatic heterocycles. The maximum atomic E-state index is 12.5. The molecule has 1 atom stereocenters. The smallest absolute Gasteiger partial charge is 0.225 e. The molecular formula is C18H22N4O. The summed E-state index contributed by atoms with van der Waals surface area (Å²) in [7, 11) is 0. The van der Waals surface area contributed by atoms with Crippen LogP contribution in [0, 0.1) is 5.92 Å². The van der Waals surface area contributed by atoms with Gasteiger partial charge in [-0.3, -0.25) is 4.79 Å². The number of aromatic nitrogens is 2. The number of benzene rings is 1. The van der Waals surface area contributed by atoms with Gasteiger partial charge < -0.3 is 10.2 Å². The molecule has 1 amide bonds. The number of carbonyl (C=O) groups is 1. The second-order valence-electron chi connectivity index (χ2n) is 5.95. The number of hydrogen-bond donors (Lipinski definition) is 1. The Balaban J connectivity index is 1.52. The van der Waals surface area contributed by atoms with Crippen LogP contribution in [-0.2, 0) is 4.79 Å². The van der Waals surface area contributed by atoms with E-state index in [9.17, 15) is 4.79 Å². The number of nitrogens with one attached hydrogen (secondary N) is 1. The Morgan fingerprint density at radius 3 is 2.43 bits per heavy atom. The third kappa shape index (κ3) is 3.86. The lowest BCUT2D eigenvalue weighted by Gasteiger charge is -2.31. The molecule has 120 valence electrons. The second kappa shape index (κ2) is 7.22. The van der Waals surface area contributed by atoms with Crippen molar-refractivity contribution in [1.82, 2.24) is 15.3 Å². The van der Waals surface area contributed by atoms with Gasteiger partial charge in [0, 0.05) is 31.4 Å². The van der Waals surface area contributed by atoms with E-state index in [-0.39, 0.29) is 17.9 Å². The first-order valence-corrected chi connectivity index (χ1v) is 8.11. The summed E-state index contributed by atoms with van der Waals surface area (Å²) in [6, 6.07) is 11.9. The van der Waals surface area contributed by atoms with Gasteiger partial charge in [-0.2, -0.15) is 0 Å². The van der Waals surface area contributed by atoms with Gasteiger partial charge >= 0.3 is 0 Å². The Hall–Kier alpha value is -2.43. The van der Waals surface area contributed by atoms with Crippen LogP contribution in [0.15, 0.2) is 48.8 Å². The summed E-state index contributed by atoms with van der Waals surface area (Å²) >= 11 is 0. The Kier molecular flexibility index (Phi) is 4.86. The van der Waals surface area contributed by atoms with E-state index in [1.54, 1.807) is 12.4 Å². The second-order valence-corrected chi connectivity index (χ2v) is 5.95. The summed E-state index contributed by atoms with van der Waals surface area (Å²) in [5.74, 6) is 0.972. The van der Waals surface area contributed by atoms with Crippen LogP contribution in [0.2, 0.25) is 0 Å². The van der Waals surface area contributed by atoms with Crippen LogP contribution < -0.4 is 10.2 Å². The molecule has 1 unspecified atom stereocenters. The maximum absolute atomic E-state index is 12.5. The minimum atomic E-state index is 0.0409. The summed E-state index contributed by atoms with van der Waals surface area (Å²) in [6.07, 6.45) is 5.18. The lowest BCUT2D eigenvalue weighted by molar-refractivity contribution is -0.126. The fourth-order valence-electron chi connectivity index (χ4n) is 2.95. The number of hydrogen-bond acceptors (Lipinski definition) is 4. The van der Waals surface area contributed by atoms with Gasteiger partial charge in [0.25, 0.3) is 0 Å². The molecule has 1 aromatic carbocycles. The van der Waals surface area contributed by atoms with Gasteiger partial charge in [-0.25, -0.2) is 9.97 Å². The lowest BCUT2D eigenvalue weighted by atomic mass is 9.95. The molecule has 0 bridgehead atoms. The zero-order chi connectivity index (χ0) is 16.1. The Labute approximate surface area is 136 Å². The molecule has 1 aliphatic rings. The van der Waals surface area contributed by atoms with E-state index in [0.29, 0.717) is 0 Å². The van der Waals surface area contributed by atoms with Crippen LogP contribution in [0.25, 0.3) is 0 Å². The van der Waals surface area contributed by atoms with Crippen molar-refractivity contribution in [2.24, 2.45) is 5.92 Å². The van der Waals surface area contributed by atoms with Gasteiger partial charge in [0.2, 0.25) is 11.9 Å². The lowest BCUT2D eigenvalue weighted by Crippen LogP contribution is -2.41. The Morgan fingerprint density at radius 1 is 1.13 bits per heavy atom. The van der Waals surface area contributed by atoms with Gasteiger partial charge in [-0.05, 0) is 31.4 Å². The number of anilines is 1. The number of amides is 1. The van der Waals surface area contributed by atoms with Crippen LogP contribution in [0.5, 0.6) is 0 Å². The highest BCUT2D eigenvalue weighted by atomic mass is 16.1. The first-order valence-electron chi connectivity index (χ1n) is 8.11. The Morgan fingerprint density at radius 2 is 1.78 bits per heavy atom. The molecule has 0 aliphatic carbocycles. The molecule has 1 N–H and O–H groups in total. The van der Waals surface area contributed by atoms with Crippen molar-refractivity contribution in [1.29, 1.82) is 0 Å². The van der Waals surface area contributed by atoms with Gasteiger partial charge in [-0.15, -0.1) is 0 Å². The largest absolute Gasteiger partial charge is 0.349 e. The van der Waals surface area contributed by atoms with E-state index in [2.05, 4.69) is 20.2 Å². The molecule has 1 aliphatic heterocycles. The molecule has 0 saturated carbocycles. The van der Waals surface area contributed by atoms with Crippen LogP contribution in [-0.4, -0.2) is 29.0 Å². The summed E-state index contributed by atoms with van der Waals surface area (Å²) in [5, 5.41) is 3.13. The van der Waals surface area contributed by atoms with Crippen molar-refractivity contribution in [2.75, 3.05) is 18.0 Å². The zero-order valence-corrected chi connectivity index (χ0v) is 13.4. The number of rotatable bonds is 4. The molecule has 1 fully saturated rings. The third-order valence-corrected chi connectivity index (χ3v) is 4.36. The van der Waals surface area contributed by atoms with Gasteiger partial charge in [-0.1, -0.05) is 30.3 Å². The normalized spacial score (nSPS) is 16.8. The monoisotopic (exact) mass is 310 g/mol. The van der Waals surface area contributed by atoms with Crippen LogP contribution >= 0.6 is 0 Å². The average Bonchev–Trinajstić information content (AvgIpc) is 2.63. The molecule has 3 rings (SSSR count). The van der Waals surface area contributed by atoms with E-state index < -0.39 is 0 Å². The summed E-state index contributed by atoms with van der Waals surface area (Å²) in [5.41, 5.74) is 1.14. The first-order chi connectivity index (χ1) is 11.2. The first kappa shape index (κ1) is 15.5. The summed E-state index contributed by atoms with van der Waals surface area (Å²) < 4.78 is 0. The van der Waals surface area contributed by atoms with E-state index in [1.807, 2.05) is 43.3 Å². The molecule has 23 heavy (non-hydrogen) atoms. The predicted molar refractivity (Wildman–Crippen MR) is 90.0 cm³/mol. The third-order valence-electron chi connectivity index (χ3n) is 4.36. The molecule has 2 heterocycles. The van der Waals surface area contributed by atoms with Gasteiger partial charge in [0.1, 0.15) is 0 Å². The van der Waals surface area contributed by atoms with Gasteiger partial charge in [0.05, 0.1) is 6.04 Å². The van der Waals surface area contributed by atoms with E-state index in [0.717, 1.165) is 37.4 Å². The fraction of sp³-hybridized carbons (Fsp3) is 0.389. The number of piperidine rings is 1. The van der Waals surface area contributed by atoms with Crippen molar-refractivity contribution in [3.05, 3.63) is 54.4 Å². The number of carbonyl (C=O) groups excluding carboxylic acids is 1. The van der Waals surface area contributed by atoms with Crippen LogP contribution in [0.3, 0.4) is 0 Å². The van der Waals surface area contributed by atoms with Crippen molar-refractivity contribution < 1.29 is 4.79 Å². The molecule has 1 saturated heterocycles. The molecule has 0 spiro atoms. The summed E-state index contributed by atoms with van der Waals surface area (Å²) in [4.78, 5) is 23.2. The minimum absolute atomic E-state index is 0.0409. The quantitative estimate of drug-likeness (QED) is 0.943. The standard InChI is InChI=1S/C18H22N4O/c1-14(15-6-3-2-4-7-15)21-17(23)16-8-12-22(13-9-16)18-19-10-5-11-20-18/h2-7,10-11,14,16H,8-9,12-13H2,1H3,(H,21,23).